The lowest BCUT2D eigenvalue weighted by atomic mass is 10.4. The van der Waals surface area contributed by atoms with E-state index < -0.39 is 0 Å². The van der Waals surface area contributed by atoms with Crippen molar-refractivity contribution in [2.75, 3.05) is 30.8 Å². The minimum atomic E-state index is -0.0429. The van der Waals surface area contributed by atoms with E-state index in [9.17, 15) is 4.79 Å². The zero-order valence-corrected chi connectivity index (χ0v) is 10.9. The van der Waals surface area contributed by atoms with Gasteiger partial charge in [0.05, 0.1) is 6.54 Å². The number of halogens is 1. The molecule has 1 aromatic heterocycles. The smallest absolute Gasteiger partial charge is 0.239 e. The molecule has 0 atom stereocenters. The van der Waals surface area contributed by atoms with Gasteiger partial charge in [-0.15, -0.1) is 0 Å². The van der Waals surface area contributed by atoms with E-state index in [0.717, 1.165) is 6.54 Å². The van der Waals surface area contributed by atoms with Crippen LogP contribution in [0.4, 0.5) is 11.5 Å². The van der Waals surface area contributed by atoms with E-state index in [2.05, 4.69) is 25.9 Å². The summed E-state index contributed by atoms with van der Waals surface area (Å²) in [7, 11) is 1.73. The third kappa shape index (κ3) is 3.46. The molecule has 1 aliphatic carbocycles. The Balaban J connectivity index is 1.84. The molecular formula is C11H16ClN5O. The van der Waals surface area contributed by atoms with Crippen LogP contribution >= 0.6 is 11.6 Å². The number of hydrogen-bond donors (Lipinski definition) is 3. The summed E-state index contributed by atoms with van der Waals surface area (Å²) in [6.07, 6.45) is 3.80. The molecule has 98 valence electrons. The molecule has 0 radical (unpaired) electrons. The van der Waals surface area contributed by atoms with Crippen LogP contribution in [0.3, 0.4) is 0 Å². The molecule has 18 heavy (non-hydrogen) atoms. The molecule has 1 aromatic rings. The van der Waals surface area contributed by atoms with Crippen molar-refractivity contribution in [3.05, 3.63) is 11.5 Å². The Morgan fingerprint density at radius 3 is 2.94 bits per heavy atom. The van der Waals surface area contributed by atoms with Crippen LogP contribution in [0, 0.1) is 5.92 Å². The summed E-state index contributed by atoms with van der Waals surface area (Å²) in [6, 6.07) is 0. The van der Waals surface area contributed by atoms with Gasteiger partial charge in [0.15, 0.2) is 11.0 Å². The Kier molecular flexibility index (Phi) is 4.19. The van der Waals surface area contributed by atoms with E-state index in [4.69, 9.17) is 11.6 Å². The summed E-state index contributed by atoms with van der Waals surface area (Å²) in [4.78, 5) is 19.5. The van der Waals surface area contributed by atoms with Gasteiger partial charge in [-0.3, -0.25) is 4.79 Å². The van der Waals surface area contributed by atoms with Crippen LogP contribution in [0.15, 0.2) is 6.33 Å². The number of carbonyl (C=O) groups excluding carboxylic acids is 1. The minimum Gasteiger partial charge on any atom is -0.383 e. The molecule has 2 rings (SSSR count). The lowest BCUT2D eigenvalue weighted by Gasteiger charge is -2.11. The van der Waals surface area contributed by atoms with E-state index in [0.29, 0.717) is 22.6 Å². The molecule has 1 heterocycles. The minimum absolute atomic E-state index is 0.0429. The first-order valence-electron chi connectivity index (χ1n) is 5.89. The number of carbonyl (C=O) groups is 1. The van der Waals surface area contributed by atoms with Gasteiger partial charge < -0.3 is 16.0 Å². The first-order chi connectivity index (χ1) is 8.70. The standard InChI is InChI=1S/C11H16ClN5O/c1-13-9-10(12)16-6-17-11(9)15-5-8(18)14-4-7-2-3-7/h6-7,13H,2-5H2,1H3,(H,14,18)(H,15,16,17). The van der Waals surface area contributed by atoms with Crippen molar-refractivity contribution in [2.45, 2.75) is 12.8 Å². The van der Waals surface area contributed by atoms with Gasteiger partial charge in [0.2, 0.25) is 5.91 Å². The summed E-state index contributed by atoms with van der Waals surface area (Å²) in [6.45, 7) is 0.943. The Bertz CT molecular complexity index is 435. The molecule has 0 aliphatic heterocycles. The first kappa shape index (κ1) is 12.9. The number of hydrogen-bond acceptors (Lipinski definition) is 5. The summed E-state index contributed by atoms with van der Waals surface area (Å²) in [5.41, 5.74) is 0.592. The Morgan fingerprint density at radius 1 is 1.50 bits per heavy atom. The van der Waals surface area contributed by atoms with Gasteiger partial charge in [0, 0.05) is 13.6 Å². The number of anilines is 2. The topological polar surface area (TPSA) is 78.9 Å². The molecule has 1 fully saturated rings. The third-order valence-electron chi connectivity index (χ3n) is 2.75. The van der Waals surface area contributed by atoms with Gasteiger partial charge in [-0.1, -0.05) is 11.6 Å². The maximum absolute atomic E-state index is 11.6. The molecule has 6 nitrogen and oxygen atoms in total. The molecule has 0 spiro atoms. The fraction of sp³-hybridized carbons (Fsp3) is 0.545. The first-order valence-corrected chi connectivity index (χ1v) is 6.27. The van der Waals surface area contributed by atoms with Crippen LogP contribution < -0.4 is 16.0 Å². The highest BCUT2D eigenvalue weighted by Gasteiger charge is 2.21. The van der Waals surface area contributed by atoms with Crippen molar-refractivity contribution in [2.24, 2.45) is 5.92 Å². The molecule has 0 unspecified atom stereocenters. The van der Waals surface area contributed by atoms with E-state index in [1.54, 1.807) is 7.05 Å². The second-order valence-electron chi connectivity index (χ2n) is 4.24. The van der Waals surface area contributed by atoms with Gasteiger partial charge in [-0.05, 0) is 18.8 Å². The molecular weight excluding hydrogens is 254 g/mol. The van der Waals surface area contributed by atoms with Crippen molar-refractivity contribution >= 4 is 29.0 Å². The Labute approximate surface area is 111 Å². The van der Waals surface area contributed by atoms with E-state index in [1.165, 1.54) is 19.2 Å². The number of nitrogens with one attached hydrogen (secondary N) is 3. The zero-order chi connectivity index (χ0) is 13.0. The van der Waals surface area contributed by atoms with E-state index >= 15 is 0 Å². The molecule has 1 amide bonds. The summed E-state index contributed by atoms with van der Waals surface area (Å²) in [5.74, 6) is 1.16. The van der Waals surface area contributed by atoms with Crippen LogP contribution in [0.5, 0.6) is 0 Å². The highest BCUT2D eigenvalue weighted by Crippen LogP contribution is 2.27. The van der Waals surface area contributed by atoms with Crippen molar-refractivity contribution in [1.82, 2.24) is 15.3 Å². The van der Waals surface area contributed by atoms with Crippen LogP contribution in [0.1, 0.15) is 12.8 Å². The molecule has 0 saturated heterocycles. The Morgan fingerprint density at radius 2 is 2.28 bits per heavy atom. The van der Waals surface area contributed by atoms with Gasteiger partial charge in [-0.25, -0.2) is 9.97 Å². The van der Waals surface area contributed by atoms with Crippen LogP contribution in [-0.2, 0) is 4.79 Å². The van der Waals surface area contributed by atoms with Gasteiger partial charge in [0.25, 0.3) is 0 Å². The van der Waals surface area contributed by atoms with Gasteiger partial charge >= 0.3 is 0 Å². The fourth-order valence-electron chi connectivity index (χ4n) is 1.53. The van der Waals surface area contributed by atoms with Crippen LogP contribution in [0.2, 0.25) is 5.15 Å². The molecule has 0 aromatic carbocycles. The maximum Gasteiger partial charge on any atom is 0.239 e. The monoisotopic (exact) mass is 269 g/mol. The lowest BCUT2D eigenvalue weighted by molar-refractivity contribution is -0.119. The molecule has 1 saturated carbocycles. The predicted molar refractivity (Wildman–Crippen MR) is 70.8 cm³/mol. The van der Waals surface area contributed by atoms with Crippen LogP contribution in [-0.4, -0.2) is 36.0 Å². The molecule has 7 heteroatoms. The highest BCUT2D eigenvalue weighted by molar-refractivity contribution is 6.32. The molecule has 3 N–H and O–H groups in total. The summed E-state index contributed by atoms with van der Waals surface area (Å²) in [5, 5.41) is 9.03. The quantitative estimate of drug-likeness (QED) is 0.674. The SMILES string of the molecule is CNc1c(Cl)ncnc1NCC(=O)NCC1CC1. The highest BCUT2D eigenvalue weighted by atomic mass is 35.5. The third-order valence-corrected chi connectivity index (χ3v) is 3.04. The number of aromatic nitrogens is 2. The van der Waals surface area contributed by atoms with Crippen LogP contribution in [0.25, 0.3) is 0 Å². The largest absolute Gasteiger partial charge is 0.383 e. The average Bonchev–Trinajstić information content (AvgIpc) is 3.18. The maximum atomic E-state index is 11.6. The second-order valence-corrected chi connectivity index (χ2v) is 4.60. The van der Waals surface area contributed by atoms with Gasteiger partial charge in [-0.2, -0.15) is 0 Å². The van der Waals surface area contributed by atoms with Crippen molar-refractivity contribution in [3.8, 4) is 0 Å². The lowest BCUT2D eigenvalue weighted by Crippen LogP contribution is -2.31. The number of amides is 1. The second kappa shape index (κ2) is 5.86. The van der Waals surface area contributed by atoms with Crippen molar-refractivity contribution in [3.63, 3.8) is 0 Å². The normalized spacial score (nSPS) is 14.1. The summed E-state index contributed by atoms with van der Waals surface area (Å²) < 4.78 is 0. The van der Waals surface area contributed by atoms with E-state index in [1.807, 2.05) is 0 Å². The summed E-state index contributed by atoms with van der Waals surface area (Å²) >= 11 is 5.90. The van der Waals surface area contributed by atoms with Crippen molar-refractivity contribution in [1.29, 1.82) is 0 Å². The number of nitrogens with zero attached hydrogens (tertiary/aromatic N) is 2. The average molecular weight is 270 g/mol. The Hall–Kier alpha value is -1.56. The molecule has 0 bridgehead atoms. The number of rotatable bonds is 6. The predicted octanol–water partition coefficient (Wildman–Crippen LogP) is 1.11. The van der Waals surface area contributed by atoms with Crippen molar-refractivity contribution < 1.29 is 4.79 Å². The molecule has 1 aliphatic rings. The van der Waals surface area contributed by atoms with E-state index in [-0.39, 0.29) is 12.5 Å². The zero-order valence-electron chi connectivity index (χ0n) is 10.2. The fourth-order valence-corrected chi connectivity index (χ4v) is 1.75. The van der Waals surface area contributed by atoms with Gasteiger partial charge in [0.1, 0.15) is 12.0 Å².